The van der Waals surface area contributed by atoms with Crippen LogP contribution in [0.4, 0.5) is 5.69 Å². The zero-order valence-electron chi connectivity index (χ0n) is 15.8. The topological polar surface area (TPSA) is 70.5 Å². The monoisotopic (exact) mass is 438 g/mol. The maximum absolute atomic E-state index is 13.1. The minimum atomic E-state index is -0.816. The number of rotatable bonds is 3. The fraction of sp³-hybridized carbons (Fsp3) is 0.0870. The molecule has 2 aromatic carbocycles. The van der Waals surface area contributed by atoms with Crippen LogP contribution in [0.1, 0.15) is 22.7 Å². The van der Waals surface area contributed by atoms with Gasteiger partial charge in [0.2, 0.25) is 0 Å². The minimum absolute atomic E-state index is 0.00266. The summed E-state index contributed by atoms with van der Waals surface area (Å²) >= 11 is 12.0. The Hall–Kier alpha value is -3.15. The van der Waals surface area contributed by atoms with E-state index in [4.69, 9.17) is 23.2 Å². The standard InChI is InChI=1S/C23H16Cl2N2O3/c1-13-12-17(25)6-7-18(13)27-20(14-8-10-26-11-9-14)19(22(29)23(27)30)21(28)15-2-4-16(24)5-3-15/h2-12,20,28H,1H3/b21-19+. The SMILES string of the molecule is Cc1cc(Cl)ccc1N1C(=O)C(=O)/C(=C(/O)c2ccc(Cl)cc2)C1c1ccncc1. The van der Waals surface area contributed by atoms with E-state index >= 15 is 0 Å². The molecule has 1 aliphatic rings. The highest BCUT2D eigenvalue weighted by atomic mass is 35.5. The molecule has 0 saturated carbocycles. The van der Waals surface area contributed by atoms with Crippen LogP contribution in [0, 0.1) is 6.92 Å². The van der Waals surface area contributed by atoms with Crippen molar-refractivity contribution >= 4 is 46.3 Å². The van der Waals surface area contributed by atoms with Gasteiger partial charge >= 0.3 is 0 Å². The van der Waals surface area contributed by atoms with Crippen LogP contribution < -0.4 is 4.90 Å². The maximum atomic E-state index is 13.1. The Morgan fingerprint density at radius 1 is 0.967 bits per heavy atom. The largest absolute Gasteiger partial charge is 0.507 e. The number of aromatic nitrogens is 1. The molecule has 1 saturated heterocycles. The lowest BCUT2D eigenvalue weighted by molar-refractivity contribution is -0.132. The minimum Gasteiger partial charge on any atom is -0.507 e. The summed E-state index contributed by atoms with van der Waals surface area (Å²) in [5, 5.41) is 12.0. The lowest BCUT2D eigenvalue weighted by Gasteiger charge is -2.26. The average Bonchev–Trinajstić information content (AvgIpc) is 3.00. The Bertz CT molecular complexity index is 1170. The van der Waals surface area contributed by atoms with Crippen LogP contribution in [0.2, 0.25) is 10.0 Å². The van der Waals surface area contributed by atoms with E-state index in [0.29, 0.717) is 26.9 Å². The van der Waals surface area contributed by atoms with Crippen molar-refractivity contribution < 1.29 is 14.7 Å². The van der Waals surface area contributed by atoms with Gasteiger partial charge in [0, 0.05) is 33.7 Å². The van der Waals surface area contributed by atoms with Crippen LogP contribution in [0.25, 0.3) is 5.76 Å². The lowest BCUT2D eigenvalue weighted by atomic mass is 9.95. The molecule has 5 nitrogen and oxygen atoms in total. The number of hydrogen-bond donors (Lipinski definition) is 1. The number of ketones is 1. The molecule has 0 bridgehead atoms. The molecule has 1 N–H and O–H groups in total. The third-order valence-corrected chi connectivity index (χ3v) is 5.49. The van der Waals surface area contributed by atoms with Crippen molar-refractivity contribution in [3.8, 4) is 0 Å². The number of anilines is 1. The predicted molar refractivity (Wildman–Crippen MR) is 117 cm³/mol. The lowest BCUT2D eigenvalue weighted by Crippen LogP contribution is -2.30. The molecule has 1 unspecified atom stereocenters. The molecule has 0 aliphatic carbocycles. The van der Waals surface area contributed by atoms with E-state index in [9.17, 15) is 14.7 Å². The van der Waals surface area contributed by atoms with E-state index in [-0.39, 0.29) is 11.3 Å². The number of aliphatic hydroxyl groups excluding tert-OH is 1. The number of aryl methyl sites for hydroxylation is 1. The summed E-state index contributed by atoms with van der Waals surface area (Å²) in [5.74, 6) is -1.75. The molecule has 150 valence electrons. The normalized spacial score (nSPS) is 18.1. The van der Waals surface area contributed by atoms with Gasteiger partial charge < -0.3 is 5.11 Å². The molecule has 4 rings (SSSR count). The van der Waals surface area contributed by atoms with Gasteiger partial charge in [0.25, 0.3) is 11.7 Å². The molecule has 1 atom stereocenters. The summed E-state index contributed by atoms with van der Waals surface area (Å²) in [6, 6.07) is 14.1. The van der Waals surface area contributed by atoms with Crippen LogP contribution in [-0.4, -0.2) is 21.8 Å². The Labute approximate surface area is 183 Å². The van der Waals surface area contributed by atoms with Crippen LogP contribution in [-0.2, 0) is 9.59 Å². The van der Waals surface area contributed by atoms with E-state index < -0.39 is 17.7 Å². The summed E-state index contributed by atoms with van der Waals surface area (Å²) in [5.41, 5.74) is 2.31. The van der Waals surface area contributed by atoms with Gasteiger partial charge in [0.15, 0.2) is 0 Å². The first-order valence-electron chi connectivity index (χ1n) is 9.11. The van der Waals surface area contributed by atoms with Gasteiger partial charge in [-0.15, -0.1) is 0 Å². The van der Waals surface area contributed by atoms with Gasteiger partial charge in [0.1, 0.15) is 5.76 Å². The number of benzene rings is 2. The number of aliphatic hydroxyl groups is 1. The van der Waals surface area contributed by atoms with Crippen LogP contribution in [0.5, 0.6) is 0 Å². The zero-order chi connectivity index (χ0) is 21.4. The molecular formula is C23H16Cl2N2O3. The Kier molecular flexibility index (Phi) is 5.33. The first-order valence-corrected chi connectivity index (χ1v) is 9.87. The summed E-state index contributed by atoms with van der Waals surface area (Å²) in [4.78, 5) is 31.6. The molecular weight excluding hydrogens is 423 g/mol. The summed E-state index contributed by atoms with van der Waals surface area (Å²) in [7, 11) is 0. The van der Waals surface area contributed by atoms with Crippen molar-refractivity contribution in [1.82, 2.24) is 4.98 Å². The van der Waals surface area contributed by atoms with Crippen LogP contribution >= 0.6 is 23.2 Å². The summed E-state index contributed by atoms with van der Waals surface area (Å²) < 4.78 is 0. The fourth-order valence-electron chi connectivity index (χ4n) is 3.59. The van der Waals surface area contributed by atoms with Gasteiger partial charge in [-0.1, -0.05) is 23.2 Å². The molecule has 3 aromatic rings. The molecule has 0 spiro atoms. The Morgan fingerprint density at radius 3 is 2.23 bits per heavy atom. The van der Waals surface area contributed by atoms with Crippen molar-refractivity contribution in [3.63, 3.8) is 0 Å². The number of halogens is 2. The number of carbonyl (C=O) groups is 2. The average molecular weight is 439 g/mol. The van der Waals surface area contributed by atoms with Crippen molar-refractivity contribution in [2.45, 2.75) is 13.0 Å². The molecule has 0 radical (unpaired) electrons. The van der Waals surface area contributed by atoms with E-state index in [2.05, 4.69) is 4.98 Å². The predicted octanol–water partition coefficient (Wildman–Crippen LogP) is 5.32. The highest BCUT2D eigenvalue weighted by Crippen LogP contribution is 2.43. The van der Waals surface area contributed by atoms with Crippen molar-refractivity contribution in [1.29, 1.82) is 0 Å². The second-order valence-electron chi connectivity index (χ2n) is 6.89. The van der Waals surface area contributed by atoms with E-state index in [1.54, 1.807) is 67.0 Å². The number of pyridine rings is 1. The second-order valence-corrected chi connectivity index (χ2v) is 7.76. The quantitative estimate of drug-likeness (QED) is 0.341. The molecule has 1 amide bonds. The molecule has 7 heteroatoms. The van der Waals surface area contributed by atoms with Crippen LogP contribution in [0.15, 0.2) is 72.6 Å². The number of nitrogens with zero attached hydrogens (tertiary/aromatic N) is 2. The zero-order valence-corrected chi connectivity index (χ0v) is 17.4. The Balaban J connectivity index is 1.96. The van der Waals surface area contributed by atoms with Crippen LogP contribution in [0.3, 0.4) is 0 Å². The molecule has 1 aromatic heterocycles. The van der Waals surface area contributed by atoms with Gasteiger partial charge in [-0.05, 0) is 72.6 Å². The first kappa shape index (κ1) is 20.1. The van der Waals surface area contributed by atoms with Gasteiger partial charge in [-0.25, -0.2) is 0 Å². The number of carbonyl (C=O) groups excluding carboxylic acids is 2. The van der Waals surface area contributed by atoms with Crippen molar-refractivity contribution in [2.75, 3.05) is 4.90 Å². The van der Waals surface area contributed by atoms with E-state index in [1.807, 2.05) is 6.92 Å². The molecule has 1 fully saturated rings. The van der Waals surface area contributed by atoms with Crippen molar-refractivity contribution in [2.24, 2.45) is 0 Å². The highest BCUT2D eigenvalue weighted by Gasteiger charge is 2.47. The Morgan fingerprint density at radius 2 is 1.60 bits per heavy atom. The molecule has 1 aliphatic heterocycles. The number of amides is 1. The van der Waals surface area contributed by atoms with Gasteiger partial charge in [-0.3, -0.25) is 19.5 Å². The smallest absolute Gasteiger partial charge is 0.300 e. The van der Waals surface area contributed by atoms with Crippen molar-refractivity contribution in [3.05, 3.63) is 99.3 Å². The summed E-state index contributed by atoms with van der Waals surface area (Å²) in [6.45, 7) is 1.81. The van der Waals surface area contributed by atoms with Gasteiger partial charge in [-0.2, -0.15) is 0 Å². The second kappa shape index (κ2) is 7.94. The van der Waals surface area contributed by atoms with E-state index in [0.717, 1.165) is 5.56 Å². The number of hydrogen-bond acceptors (Lipinski definition) is 4. The maximum Gasteiger partial charge on any atom is 0.300 e. The highest BCUT2D eigenvalue weighted by molar-refractivity contribution is 6.51. The third-order valence-electron chi connectivity index (χ3n) is 5.00. The summed E-state index contributed by atoms with van der Waals surface area (Å²) in [6.07, 6.45) is 3.15. The van der Waals surface area contributed by atoms with E-state index in [1.165, 1.54) is 4.90 Å². The fourth-order valence-corrected chi connectivity index (χ4v) is 3.95. The van der Waals surface area contributed by atoms with Gasteiger partial charge in [0.05, 0.1) is 11.6 Å². The first-order chi connectivity index (χ1) is 14.4. The third kappa shape index (κ3) is 3.47. The number of Topliss-reactive ketones (excluding diaryl/α,β-unsaturated/α-hetero) is 1. The molecule has 30 heavy (non-hydrogen) atoms. The molecule has 2 heterocycles.